The summed E-state index contributed by atoms with van der Waals surface area (Å²) in [5.74, 6) is 0.344. The molecule has 4 nitrogen and oxygen atoms in total. The molecule has 0 unspecified atom stereocenters. The maximum atomic E-state index is 12.6. The molecule has 4 N–H and O–H groups in total. The molecular formula is C16H14ClF3N4. The monoisotopic (exact) mass is 354 g/mol. The molecule has 0 aliphatic carbocycles. The second-order valence-corrected chi connectivity index (χ2v) is 5.15. The predicted octanol–water partition coefficient (Wildman–Crippen LogP) is 3.83. The van der Waals surface area contributed by atoms with Crippen molar-refractivity contribution in [2.75, 3.05) is 11.5 Å². The van der Waals surface area contributed by atoms with Crippen molar-refractivity contribution in [3.8, 4) is 0 Å². The van der Waals surface area contributed by atoms with Crippen LogP contribution < -0.4 is 11.5 Å². The van der Waals surface area contributed by atoms with Gasteiger partial charge in [-0.15, -0.1) is 12.4 Å². The van der Waals surface area contributed by atoms with E-state index in [0.29, 0.717) is 17.3 Å². The molecule has 8 heteroatoms. The maximum Gasteiger partial charge on any atom is 0.416 e. The van der Waals surface area contributed by atoms with Gasteiger partial charge in [0.05, 0.1) is 11.1 Å². The molecule has 0 amide bonds. The van der Waals surface area contributed by atoms with Gasteiger partial charge in [-0.25, -0.2) is 4.98 Å². The summed E-state index contributed by atoms with van der Waals surface area (Å²) < 4.78 is 37.8. The van der Waals surface area contributed by atoms with Gasteiger partial charge in [0.1, 0.15) is 5.82 Å². The van der Waals surface area contributed by atoms with Crippen LogP contribution in [0.5, 0.6) is 0 Å². The SMILES string of the molecule is Cl.Nc1nc(N)c2c(Cc3ccc(C(F)(F)F)cc3)cccc2n1. The van der Waals surface area contributed by atoms with Crippen LogP contribution in [-0.2, 0) is 12.6 Å². The standard InChI is InChI=1S/C16H13F3N4.ClH/c17-16(18,19)11-6-4-9(5-7-11)8-10-2-1-3-12-13(10)14(20)23-15(21)22-12;/h1-7H,8H2,(H4,20,21,22,23);1H. The molecular weight excluding hydrogens is 341 g/mol. The Balaban J connectivity index is 0.00000208. The lowest BCUT2D eigenvalue weighted by Gasteiger charge is -2.10. The van der Waals surface area contributed by atoms with Crippen molar-refractivity contribution in [3.05, 3.63) is 59.2 Å². The minimum Gasteiger partial charge on any atom is -0.383 e. The Morgan fingerprint density at radius 2 is 1.58 bits per heavy atom. The summed E-state index contributed by atoms with van der Waals surface area (Å²) in [5, 5.41) is 0.668. The number of aromatic nitrogens is 2. The maximum absolute atomic E-state index is 12.6. The van der Waals surface area contributed by atoms with Crippen LogP contribution in [0.15, 0.2) is 42.5 Å². The molecule has 0 fully saturated rings. The lowest BCUT2D eigenvalue weighted by molar-refractivity contribution is -0.137. The molecule has 126 valence electrons. The topological polar surface area (TPSA) is 77.8 Å². The largest absolute Gasteiger partial charge is 0.416 e. The quantitative estimate of drug-likeness (QED) is 0.733. The highest BCUT2D eigenvalue weighted by atomic mass is 35.5. The molecule has 0 saturated heterocycles. The van der Waals surface area contributed by atoms with E-state index in [1.807, 2.05) is 6.07 Å². The lowest BCUT2D eigenvalue weighted by atomic mass is 10.00. The van der Waals surface area contributed by atoms with Crippen LogP contribution in [0.2, 0.25) is 0 Å². The van der Waals surface area contributed by atoms with E-state index in [1.54, 1.807) is 12.1 Å². The lowest BCUT2D eigenvalue weighted by Crippen LogP contribution is -2.05. The third-order valence-corrected chi connectivity index (χ3v) is 3.53. The molecule has 2 aromatic carbocycles. The number of anilines is 2. The van der Waals surface area contributed by atoms with E-state index in [9.17, 15) is 13.2 Å². The fourth-order valence-electron chi connectivity index (χ4n) is 2.48. The van der Waals surface area contributed by atoms with E-state index < -0.39 is 11.7 Å². The summed E-state index contributed by atoms with van der Waals surface area (Å²) in [6.07, 6.45) is -3.92. The van der Waals surface area contributed by atoms with Gasteiger partial charge in [-0.1, -0.05) is 24.3 Å². The number of hydrogen-bond acceptors (Lipinski definition) is 4. The third kappa shape index (κ3) is 3.51. The van der Waals surface area contributed by atoms with Gasteiger partial charge in [0.25, 0.3) is 0 Å². The first-order valence-corrected chi connectivity index (χ1v) is 6.81. The van der Waals surface area contributed by atoms with Gasteiger partial charge in [-0.2, -0.15) is 18.2 Å². The van der Waals surface area contributed by atoms with Crippen LogP contribution in [0.1, 0.15) is 16.7 Å². The van der Waals surface area contributed by atoms with Crippen molar-refractivity contribution in [1.29, 1.82) is 0 Å². The minimum atomic E-state index is -4.34. The molecule has 1 aromatic heterocycles. The van der Waals surface area contributed by atoms with E-state index >= 15 is 0 Å². The smallest absolute Gasteiger partial charge is 0.383 e. The second-order valence-electron chi connectivity index (χ2n) is 5.15. The number of nitrogen functional groups attached to an aromatic ring is 2. The summed E-state index contributed by atoms with van der Waals surface area (Å²) in [7, 11) is 0. The molecule has 0 saturated carbocycles. The fraction of sp³-hybridized carbons (Fsp3) is 0.125. The Morgan fingerprint density at radius 3 is 2.21 bits per heavy atom. The van der Waals surface area contributed by atoms with Crippen LogP contribution in [0.25, 0.3) is 10.9 Å². The fourth-order valence-corrected chi connectivity index (χ4v) is 2.48. The molecule has 0 bridgehead atoms. The molecule has 1 heterocycles. The number of alkyl halides is 3. The van der Waals surface area contributed by atoms with Crippen molar-refractivity contribution in [2.45, 2.75) is 12.6 Å². The zero-order valence-electron chi connectivity index (χ0n) is 12.3. The summed E-state index contributed by atoms with van der Waals surface area (Å²) in [5.41, 5.74) is 13.0. The molecule has 3 rings (SSSR count). The number of rotatable bonds is 2. The average Bonchev–Trinajstić information content (AvgIpc) is 2.46. The van der Waals surface area contributed by atoms with E-state index in [4.69, 9.17) is 11.5 Å². The van der Waals surface area contributed by atoms with Crippen LogP contribution in [0, 0.1) is 0 Å². The van der Waals surface area contributed by atoms with Gasteiger partial charge in [0.15, 0.2) is 0 Å². The second kappa shape index (κ2) is 6.52. The summed E-state index contributed by atoms with van der Waals surface area (Å²) >= 11 is 0. The van der Waals surface area contributed by atoms with Gasteiger partial charge < -0.3 is 11.5 Å². The van der Waals surface area contributed by atoms with E-state index in [0.717, 1.165) is 23.3 Å². The van der Waals surface area contributed by atoms with Gasteiger partial charge in [0.2, 0.25) is 5.95 Å². The molecule has 0 aliphatic rings. The highest BCUT2D eigenvalue weighted by molar-refractivity contribution is 5.92. The Bertz CT molecular complexity index is 864. The van der Waals surface area contributed by atoms with Gasteiger partial charge in [-0.3, -0.25) is 0 Å². The Hall–Kier alpha value is -2.54. The minimum absolute atomic E-state index is 0. The van der Waals surface area contributed by atoms with Gasteiger partial charge in [0, 0.05) is 5.39 Å². The normalized spacial score (nSPS) is 11.3. The molecule has 0 spiro atoms. The highest BCUT2D eigenvalue weighted by Crippen LogP contribution is 2.30. The van der Waals surface area contributed by atoms with Gasteiger partial charge in [-0.05, 0) is 35.7 Å². The molecule has 3 aromatic rings. The number of benzene rings is 2. The first-order valence-electron chi connectivity index (χ1n) is 6.81. The van der Waals surface area contributed by atoms with Crippen LogP contribution in [0.4, 0.5) is 24.9 Å². The van der Waals surface area contributed by atoms with E-state index in [1.165, 1.54) is 12.1 Å². The van der Waals surface area contributed by atoms with Crippen LogP contribution >= 0.6 is 12.4 Å². The zero-order chi connectivity index (χ0) is 16.6. The van der Waals surface area contributed by atoms with Crippen LogP contribution in [0.3, 0.4) is 0 Å². The number of hydrogen-bond donors (Lipinski definition) is 2. The first-order chi connectivity index (χ1) is 10.8. The molecule has 0 radical (unpaired) electrons. The van der Waals surface area contributed by atoms with Crippen molar-refractivity contribution in [3.63, 3.8) is 0 Å². The number of halogens is 4. The molecule has 0 aliphatic heterocycles. The van der Waals surface area contributed by atoms with Gasteiger partial charge >= 0.3 is 6.18 Å². The van der Waals surface area contributed by atoms with E-state index in [2.05, 4.69) is 9.97 Å². The van der Waals surface area contributed by atoms with E-state index in [-0.39, 0.29) is 24.2 Å². The van der Waals surface area contributed by atoms with Crippen molar-refractivity contribution >= 4 is 35.1 Å². The van der Waals surface area contributed by atoms with Crippen molar-refractivity contribution in [2.24, 2.45) is 0 Å². The third-order valence-electron chi connectivity index (χ3n) is 3.53. The Labute approximate surface area is 142 Å². The average molecular weight is 355 g/mol. The zero-order valence-corrected chi connectivity index (χ0v) is 13.2. The Kier molecular flexibility index (Phi) is 4.84. The van der Waals surface area contributed by atoms with Crippen molar-refractivity contribution < 1.29 is 13.2 Å². The molecule has 24 heavy (non-hydrogen) atoms. The van der Waals surface area contributed by atoms with Crippen molar-refractivity contribution in [1.82, 2.24) is 9.97 Å². The first kappa shape index (κ1) is 17.8. The summed E-state index contributed by atoms with van der Waals surface area (Å²) in [6, 6.07) is 10.5. The number of nitrogens with two attached hydrogens (primary N) is 2. The Morgan fingerprint density at radius 1 is 0.917 bits per heavy atom. The highest BCUT2D eigenvalue weighted by Gasteiger charge is 2.29. The summed E-state index contributed by atoms with van der Waals surface area (Å²) in [6.45, 7) is 0. The van der Waals surface area contributed by atoms with Crippen LogP contribution in [-0.4, -0.2) is 9.97 Å². The molecule has 0 atom stereocenters. The summed E-state index contributed by atoms with van der Waals surface area (Å²) in [4.78, 5) is 8.07. The number of fused-ring (bicyclic) bond motifs is 1. The predicted molar refractivity (Wildman–Crippen MR) is 89.9 cm³/mol. The number of nitrogens with zero attached hydrogens (tertiary/aromatic N) is 2.